The molecule has 0 radical (unpaired) electrons. The van der Waals surface area contributed by atoms with Gasteiger partial charge < -0.3 is 5.11 Å². The van der Waals surface area contributed by atoms with Gasteiger partial charge >= 0.3 is 0 Å². The van der Waals surface area contributed by atoms with Gasteiger partial charge in [0.15, 0.2) is 0 Å². The Bertz CT molecular complexity index is 373. The van der Waals surface area contributed by atoms with Crippen LogP contribution in [0, 0.1) is 23.7 Å². The molecule has 88 valence electrons. The Hall–Kier alpha value is -0.0500. The van der Waals surface area contributed by atoms with Crippen molar-refractivity contribution in [3.8, 4) is 0 Å². The maximum Gasteiger partial charge on any atom is 0.137 e. The summed E-state index contributed by atoms with van der Waals surface area (Å²) in [5.74, 6) is 0.837. The zero-order valence-corrected chi connectivity index (χ0v) is 10.3. The summed E-state index contributed by atoms with van der Waals surface area (Å²) in [7, 11) is 0. The first-order valence-corrected chi connectivity index (χ1v) is 6.62. The summed E-state index contributed by atoms with van der Waals surface area (Å²) in [5, 5.41) is 10.1. The van der Waals surface area contributed by atoms with Gasteiger partial charge in [-0.15, -0.1) is 0 Å². The largest absolute Gasteiger partial charge is 0.393 e. The van der Waals surface area contributed by atoms with Crippen molar-refractivity contribution >= 4 is 29.0 Å². The predicted octanol–water partition coefficient (Wildman–Crippen LogP) is 2.67. The summed E-state index contributed by atoms with van der Waals surface area (Å²) >= 11 is 11.9. The van der Waals surface area contributed by atoms with Crippen LogP contribution in [0.4, 0.5) is 0 Å². The lowest BCUT2D eigenvalue weighted by atomic mass is 9.69. The molecule has 0 aromatic rings. The highest BCUT2D eigenvalue weighted by Gasteiger charge is 2.58. The van der Waals surface area contributed by atoms with Crippen molar-refractivity contribution in [2.24, 2.45) is 23.7 Å². The van der Waals surface area contributed by atoms with E-state index in [9.17, 15) is 9.90 Å². The second-order valence-electron chi connectivity index (χ2n) is 5.18. The molecular formula is C12H14Cl2O2. The van der Waals surface area contributed by atoms with Gasteiger partial charge in [-0.1, -0.05) is 23.2 Å². The van der Waals surface area contributed by atoms with E-state index in [4.69, 9.17) is 23.2 Å². The Morgan fingerprint density at radius 2 is 1.88 bits per heavy atom. The molecule has 0 saturated heterocycles. The van der Waals surface area contributed by atoms with Crippen LogP contribution in [0.3, 0.4) is 0 Å². The Balaban J connectivity index is 2.04. The van der Waals surface area contributed by atoms with E-state index < -0.39 is 0 Å². The second kappa shape index (κ2) is 3.72. The lowest BCUT2D eigenvalue weighted by molar-refractivity contribution is -0.133. The fourth-order valence-electron chi connectivity index (χ4n) is 4.11. The lowest BCUT2D eigenvalue weighted by Gasteiger charge is -2.36. The van der Waals surface area contributed by atoms with Crippen LogP contribution in [0.5, 0.6) is 0 Å². The number of Topliss-reactive ketones (excluding diaryl/α,β-unsaturated/α-hetero) is 1. The Kier molecular flexibility index (Phi) is 2.58. The van der Waals surface area contributed by atoms with Gasteiger partial charge in [-0.05, 0) is 36.7 Å². The Morgan fingerprint density at radius 1 is 1.19 bits per heavy atom. The summed E-state index contributed by atoms with van der Waals surface area (Å²) in [6.45, 7) is 0. The minimum absolute atomic E-state index is 0.00926. The van der Waals surface area contributed by atoms with E-state index >= 15 is 0 Å². The van der Waals surface area contributed by atoms with Gasteiger partial charge in [0.25, 0.3) is 0 Å². The highest BCUT2D eigenvalue weighted by Crippen LogP contribution is 2.60. The molecule has 0 aliphatic heterocycles. The maximum atomic E-state index is 12.0. The van der Waals surface area contributed by atoms with E-state index in [1.54, 1.807) is 0 Å². The first kappa shape index (κ1) is 11.1. The van der Waals surface area contributed by atoms with Crippen molar-refractivity contribution in [2.75, 3.05) is 0 Å². The zero-order valence-electron chi connectivity index (χ0n) is 8.83. The summed E-state index contributed by atoms with van der Waals surface area (Å²) in [5.41, 5.74) is 1.05. The van der Waals surface area contributed by atoms with Crippen molar-refractivity contribution in [3.05, 3.63) is 10.1 Å². The van der Waals surface area contributed by atoms with Crippen LogP contribution in [-0.4, -0.2) is 17.0 Å². The number of allylic oxidation sites excluding steroid dienone is 1. The molecule has 5 unspecified atom stereocenters. The van der Waals surface area contributed by atoms with Crippen molar-refractivity contribution in [1.29, 1.82) is 0 Å². The molecule has 3 saturated carbocycles. The fourth-order valence-corrected chi connectivity index (χ4v) is 4.67. The third kappa shape index (κ3) is 1.33. The smallest absolute Gasteiger partial charge is 0.137 e. The quantitative estimate of drug-likeness (QED) is 0.727. The second-order valence-corrected chi connectivity index (χ2v) is 6.13. The Morgan fingerprint density at radius 3 is 2.50 bits per heavy atom. The van der Waals surface area contributed by atoms with Crippen LogP contribution in [0.15, 0.2) is 10.1 Å². The number of rotatable bonds is 0. The van der Waals surface area contributed by atoms with Gasteiger partial charge in [-0.3, -0.25) is 4.79 Å². The van der Waals surface area contributed by atoms with Crippen molar-refractivity contribution in [2.45, 2.75) is 31.8 Å². The van der Waals surface area contributed by atoms with E-state index in [0.717, 1.165) is 18.4 Å². The number of ketones is 1. The average Bonchev–Trinajstić information content (AvgIpc) is 2.79. The molecule has 16 heavy (non-hydrogen) atoms. The van der Waals surface area contributed by atoms with E-state index in [-0.39, 0.29) is 29.8 Å². The number of fused-ring (bicyclic) bond motifs is 5. The lowest BCUT2D eigenvalue weighted by Crippen LogP contribution is -2.41. The van der Waals surface area contributed by atoms with Crippen LogP contribution in [0.1, 0.15) is 25.7 Å². The summed E-state index contributed by atoms with van der Waals surface area (Å²) in [6.07, 6.45) is 2.80. The number of hydrogen-bond donors (Lipinski definition) is 1. The first-order chi connectivity index (χ1) is 7.61. The van der Waals surface area contributed by atoms with E-state index in [1.807, 2.05) is 0 Å². The maximum absolute atomic E-state index is 12.0. The van der Waals surface area contributed by atoms with E-state index in [2.05, 4.69) is 0 Å². The number of carbonyl (C=O) groups is 1. The number of hydrogen-bond acceptors (Lipinski definition) is 2. The molecule has 3 rings (SSSR count). The third-order valence-electron chi connectivity index (χ3n) is 4.62. The molecule has 0 amide bonds. The topological polar surface area (TPSA) is 37.3 Å². The minimum Gasteiger partial charge on any atom is -0.393 e. The Labute approximate surface area is 105 Å². The van der Waals surface area contributed by atoms with Crippen LogP contribution in [0.25, 0.3) is 0 Å². The van der Waals surface area contributed by atoms with Gasteiger partial charge in [0.2, 0.25) is 0 Å². The summed E-state index contributed by atoms with van der Waals surface area (Å²) in [6, 6.07) is 0. The average molecular weight is 261 g/mol. The molecule has 3 fully saturated rings. The van der Waals surface area contributed by atoms with Crippen molar-refractivity contribution in [1.82, 2.24) is 0 Å². The molecule has 2 bridgehead atoms. The van der Waals surface area contributed by atoms with E-state index in [1.165, 1.54) is 0 Å². The molecule has 2 nitrogen and oxygen atoms in total. The highest BCUT2D eigenvalue weighted by molar-refractivity contribution is 6.56. The zero-order chi connectivity index (χ0) is 11.4. The molecule has 0 aromatic carbocycles. The number of halogens is 2. The summed E-state index contributed by atoms with van der Waals surface area (Å²) < 4.78 is 0.335. The molecule has 0 aromatic heterocycles. The molecule has 3 aliphatic rings. The fraction of sp³-hybridized carbons (Fsp3) is 0.750. The predicted molar refractivity (Wildman–Crippen MR) is 62.2 cm³/mol. The van der Waals surface area contributed by atoms with Gasteiger partial charge in [0.05, 0.1) is 6.10 Å². The van der Waals surface area contributed by atoms with Crippen LogP contribution in [-0.2, 0) is 4.79 Å². The first-order valence-electron chi connectivity index (χ1n) is 5.87. The molecule has 3 aliphatic carbocycles. The number of carbonyl (C=O) groups excluding carboxylic acids is 1. The molecular weight excluding hydrogens is 247 g/mol. The molecule has 1 N–H and O–H groups in total. The standard InChI is InChI=1S/C12H14Cl2O2/c13-12(14)9-5-1-2-6(9)11-8(16)4-3-7(15)10(5)11/h5-7,10-11,15H,1-4H2. The summed E-state index contributed by atoms with van der Waals surface area (Å²) in [4.78, 5) is 12.0. The molecule has 0 spiro atoms. The number of aliphatic hydroxyl groups is 1. The van der Waals surface area contributed by atoms with E-state index in [0.29, 0.717) is 23.1 Å². The highest BCUT2D eigenvalue weighted by atomic mass is 35.5. The molecule has 5 atom stereocenters. The third-order valence-corrected chi connectivity index (χ3v) is 5.06. The van der Waals surface area contributed by atoms with Crippen molar-refractivity contribution in [3.63, 3.8) is 0 Å². The van der Waals surface area contributed by atoms with Crippen LogP contribution in [0.2, 0.25) is 0 Å². The molecule has 0 heterocycles. The van der Waals surface area contributed by atoms with Crippen molar-refractivity contribution < 1.29 is 9.90 Å². The van der Waals surface area contributed by atoms with Gasteiger partial charge in [-0.2, -0.15) is 0 Å². The van der Waals surface area contributed by atoms with Crippen LogP contribution < -0.4 is 0 Å². The van der Waals surface area contributed by atoms with Gasteiger partial charge in [0, 0.05) is 18.3 Å². The monoisotopic (exact) mass is 260 g/mol. The molecule has 4 heteroatoms. The van der Waals surface area contributed by atoms with Crippen LogP contribution >= 0.6 is 23.2 Å². The SMILES string of the molecule is O=C1CCC(O)C2C3CCC(C3=C(Cl)Cl)C12. The van der Waals surface area contributed by atoms with Gasteiger partial charge in [-0.25, -0.2) is 0 Å². The normalized spacial score (nSPS) is 46.1. The number of aliphatic hydroxyl groups excluding tert-OH is 1. The minimum atomic E-state index is -0.347. The van der Waals surface area contributed by atoms with Gasteiger partial charge in [0.1, 0.15) is 10.3 Å².